The van der Waals surface area contributed by atoms with Crippen molar-refractivity contribution in [2.24, 2.45) is 5.10 Å². The Bertz CT molecular complexity index is 1100. The zero-order chi connectivity index (χ0) is 21.7. The van der Waals surface area contributed by atoms with Crippen molar-refractivity contribution < 1.29 is 28.6 Å². The number of carboxylic acids is 1. The number of carbonyl (C=O) groups excluding carboxylic acids is 1. The van der Waals surface area contributed by atoms with Gasteiger partial charge >= 0.3 is 5.97 Å². The molecule has 0 aliphatic rings. The number of aromatic carboxylic acids is 1. The molecule has 1 amide bonds. The van der Waals surface area contributed by atoms with Gasteiger partial charge in [0.2, 0.25) is 5.76 Å². The lowest BCUT2D eigenvalue weighted by atomic mass is 10.1. The van der Waals surface area contributed by atoms with Crippen molar-refractivity contribution in [1.82, 2.24) is 5.43 Å². The van der Waals surface area contributed by atoms with E-state index in [1.165, 1.54) is 20.3 Å². The summed E-state index contributed by atoms with van der Waals surface area (Å²) in [7, 11) is 3.02. The molecule has 2 aromatic carbocycles. The molecule has 2 N–H and O–H groups in total. The lowest BCUT2D eigenvalue weighted by molar-refractivity contribution is 0.0663. The highest BCUT2D eigenvalue weighted by atomic mass is 16.5. The minimum atomic E-state index is -1.12. The Morgan fingerprint density at radius 3 is 2.20 bits per heavy atom. The molecule has 1 aromatic heterocycles. The first-order valence-corrected chi connectivity index (χ1v) is 8.93. The molecule has 1 heterocycles. The lowest BCUT2D eigenvalue weighted by Gasteiger charge is -2.09. The summed E-state index contributed by atoms with van der Waals surface area (Å²) >= 11 is 0. The van der Waals surface area contributed by atoms with Crippen LogP contribution in [0.4, 0.5) is 0 Å². The van der Waals surface area contributed by atoms with Gasteiger partial charge in [0.1, 0.15) is 5.76 Å². The highest BCUT2D eigenvalue weighted by Crippen LogP contribution is 2.27. The van der Waals surface area contributed by atoms with Gasteiger partial charge in [-0.15, -0.1) is 0 Å². The number of hydrazone groups is 1. The van der Waals surface area contributed by atoms with E-state index in [0.717, 1.165) is 11.1 Å². The molecule has 8 heteroatoms. The van der Waals surface area contributed by atoms with E-state index in [0.29, 0.717) is 28.5 Å². The molecule has 8 nitrogen and oxygen atoms in total. The summed E-state index contributed by atoms with van der Waals surface area (Å²) in [5.74, 6) is -0.193. The van der Waals surface area contributed by atoms with Crippen LogP contribution >= 0.6 is 0 Å². The molecule has 0 radical (unpaired) electrons. The predicted molar refractivity (Wildman–Crippen MR) is 110 cm³/mol. The summed E-state index contributed by atoms with van der Waals surface area (Å²) in [5, 5.41) is 13.1. The molecular formula is C22H20N2O6. The minimum absolute atomic E-state index is 0.121. The Labute approximate surface area is 172 Å². The van der Waals surface area contributed by atoms with Crippen molar-refractivity contribution in [2.75, 3.05) is 14.2 Å². The molecule has 0 saturated heterocycles. The van der Waals surface area contributed by atoms with Crippen LogP contribution < -0.4 is 14.9 Å². The predicted octanol–water partition coefficient (Wildman–Crippen LogP) is 3.82. The fraction of sp³-hybridized carbons (Fsp3) is 0.136. The van der Waals surface area contributed by atoms with Crippen molar-refractivity contribution in [3.8, 4) is 22.8 Å². The summed E-state index contributed by atoms with van der Waals surface area (Å²) < 4.78 is 15.7. The Balaban J connectivity index is 1.70. The maximum Gasteiger partial charge on any atom is 0.371 e. The molecule has 0 aliphatic heterocycles. The summed E-state index contributed by atoms with van der Waals surface area (Å²) in [4.78, 5) is 23.3. The van der Waals surface area contributed by atoms with Crippen LogP contribution in [0, 0.1) is 0 Å². The van der Waals surface area contributed by atoms with Crippen molar-refractivity contribution >= 4 is 17.6 Å². The summed E-state index contributed by atoms with van der Waals surface area (Å²) in [6, 6.07) is 15.0. The van der Waals surface area contributed by atoms with Gasteiger partial charge in [0.05, 0.1) is 19.9 Å². The third-order valence-corrected chi connectivity index (χ3v) is 4.37. The zero-order valence-corrected chi connectivity index (χ0v) is 16.6. The van der Waals surface area contributed by atoms with Crippen molar-refractivity contribution in [3.63, 3.8) is 0 Å². The molecular weight excluding hydrogens is 388 g/mol. The average molecular weight is 408 g/mol. The number of nitrogens with one attached hydrogen (secondary N) is 1. The first-order valence-electron chi connectivity index (χ1n) is 8.93. The Kier molecular flexibility index (Phi) is 6.17. The van der Waals surface area contributed by atoms with Crippen LogP contribution in [-0.4, -0.2) is 36.9 Å². The number of ether oxygens (including phenoxy) is 2. The van der Waals surface area contributed by atoms with Gasteiger partial charge in [-0.25, -0.2) is 10.2 Å². The first kappa shape index (κ1) is 20.7. The molecule has 3 rings (SSSR count). The van der Waals surface area contributed by atoms with E-state index in [4.69, 9.17) is 19.0 Å². The third-order valence-electron chi connectivity index (χ3n) is 4.37. The highest BCUT2D eigenvalue weighted by Gasteiger charge is 2.12. The number of furan rings is 1. The second-order valence-corrected chi connectivity index (χ2v) is 6.25. The van der Waals surface area contributed by atoms with Gasteiger partial charge < -0.3 is 19.0 Å². The van der Waals surface area contributed by atoms with Crippen LogP contribution in [0.3, 0.4) is 0 Å². The maximum absolute atomic E-state index is 12.4. The second kappa shape index (κ2) is 8.95. The smallest absolute Gasteiger partial charge is 0.371 e. The normalized spacial score (nSPS) is 11.1. The van der Waals surface area contributed by atoms with E-state index in [1.807, 2.05) is 0 Å². The Morgan fingerprint density at radius 2 is 1.60 bits per heavy atom. The molecule has 0 aliphatic carbocycles. The van der Waals surface area contributed by atoms with Gasteiger partial charge in [0.15, 0.2) is 11.5 Å². The number of benzene rings is 2. The van der Waals surface area contributed by atoms with Gasteiger partial charge in [-0.3, -0.25) is 4.79 Å². The number of methoxy groups -OCH3 is 2. The van der Waals surface area contributed by atoms with Crippen LogP contribution in [0.2, 0.25) is 0 Å². The van der Waals surface area contributed by atoms with Gasteiger partial charge in [0, 0.05) is 11.1 Å². The average Bonchev–Trinajstić information content (AvgIpc) is 3.27. The summed E-state index contributed by atoms with van der Waals surface area (Å²) in [6.45, 7) is 1.76. The Morgan fingerprint density at radius 1 is 0.933 bits per heavy atom. The van der Waals surface area contributed by atoms with Crippen molar-refractivity contribution in [1.29, 1.82) is 0 Å². The van der Waals surface area contributed by atoms with E-state index >= 15 is 0 Å². The van der Waals surface area contributed by atoms with Crippen LogP contribution in [0.15, 0.2) is 64.1 Å². The number of nitrogens with zero attached hydrogens (tertiary/aromatic N) is 1. The zero-order valence-electron chi connectivity index (χ0n) is 16.6. The number of hydrogen-bond donors (Lipinski definition) is 2. The Hall–Kier alpha value is -4.07. The second-order valence-electron chi connectivity index (χ2n) is 6.25. The fourth-order valence-electron chi connectivity index (χ4n) is 2.72. The minimum Gasteiger partial charge on any atom is -0.493 e. The fourth-order valence-corrected chi connectivity index (χ4v) is 2.72. The molecule has 0 fully saturated rings. The van der Waals surface area contributed by atoms with E-state index in [1.54, 1.807) is 55.5 Å². The van der Waals surface area contributed by atoms with Crippen LogP contribution in [0.25, 0.3) is 11.3 Å². The van der Waals surface area contributed by atoms with Crippen molar-refractivity contribution in [3.05, 3.63) is 71.5 Å². The number of amides is 1. The van der Waals surface area contributed by atoms with Gasteiger partial charge in [0.25, 0.3) is 5.91 Å². The van der Waals surface area contributed by atoms with Gasteiger partial charge in [-0.1, -0.05) is 24.3 Å². The molecule has 0 spiro atoms. The number of carbonyl (C=O) groups is 2. The van der Waals surface area contributed by atoms with E-state index in [9.17, 15) is 9.59 Å². The van der Waals surface area contributed by atoms with Crippen LogP contribution in [-0.2, 0) is 0 Å². The standard InChI is InChI=1S/C22H20N2O6/c1-13(23-24-21(25)16-8-9-18(28-2)20(12-16)29-3)14-4-6-15(7-5-14)17-10-11-19(30-17)22(26)27/h4-12H,1-3H3,(H,24,25)(H,26,27)/b23-13-. The molecule has 0 bridgehead atoms. The van der Waals surface area contributed by atoms with E-state index in [2.05, 4.69) is 10.5 Å². The highest BCUT2D eigenvalue weighted by molar-refractivity contribution is 6.01. The number of rotatable bonds is 7. The first-order chi connectivity index (χ1) is 14.4. The lowest BCUT2D eigenvalue weighted by Crippen LogP contribution is -2.19. The van der Waals surface area contributed by atoms with Crippen molar-refractivity contribution in [2.45, 2.75) is 6.92 Å². The molecule has 154 valence electrons. The molecule has 0 atom stereocenters. The molecule has 3 aromatic rings. The number of hydrogen-bond acceptors (Lipinski definition) is 6. The number of carboxylic acid groups (broad SMARTS) is 1. The van der Waals surface area contributed by atoms with Gasteiger partial charge in [-0.2, -0.15) is 5.10 Å². The van der Waals surface area contributed by atoms with Gasteiger partial charge in [-0.05, 0) is 42.8 Å². The topological polar surface area (TPSA) is 110 Å². The van der Waals surface area contributed by atoms with Crippen LogP contribution in [0.5, 0.6) is 11.5 Å². The largest absolute Gasteiger partial charge is 0.493 e. The monoisotopic (exact) mass is 408 g/mol. The molecule has 30 heavy (non-hydrogen) atoms. The van der Waals surface area contributed by atoms with E-state index < -0.39 is 5.97 Å². The molecule has 0 unspecified atom stereocenters. The summed E-state index contributed by atoms with van der Waals surface area (Å²) in [5.41, 5.74) is 5.01. The quantitative estimate of drug-likeness (QED) is 0.454. The summed E-state index contributed by atoms with van der Waals surface area (Å²) in [6.07, 6.45) is 0. The van der Waals surface area contributed by atoms with Crippen LogP contribution in [0.1, 0.15) is 33.4 Å². The third kappa shape index (κ3) is 4.49. The van der Waals surface area contributed by atoms with E-state index in [-0.39, 0.29) is 11.7 Å². The SMILES string of the molecule is COc1ccc(C(=O)N/N=C(/C)c2ccc(-c3ccc(C(=O)O)o3)cc2)cc1OC. The molecule has 0 saturated carbocycles. The maximum atomic E-state index is 12.4.